The minimum Gasteiger partial charge on any atom is -0.322 e. The van der Waals surface area contributed by atoms with Crippen molar-refractivity contribution in [2.45, 2.75) is 64.0 Å². The first-order valence-electron chi connectivity index (χ1n) is 10.9. The van der Waals surface area contributed by atoms with E-state index in [0.717, 1.165) is 61.1 Å². The van der Waals surface area contributed by atoms with Gasteiger partial charge in [0.25, 0.3) is 5.56 Å². The predicted octanol–water partition coefficient (Wildman–Crippen LogP) is 3.51. The lowest BCUT2D eigenvalue weighted by atomic mass is 9.95. The van der Waals surface area contributed by atoms with E-state index in [9.17, 15) is 4.79 Å². The van der Waals surface area contributed by atoms with Crippen LogP contribution in [0, 0.1) is 6.92 Å². The van der Waals surface area contributed by atoms with Crippen molar-refractivity contribution in [2.75, 3.05) is 13.1 Å². The lowest BCUT2D eigenvalue weighted by molar-refractivity contribution is 0.243. The van der Waals surface area contributed by atoms with E-state index in [4.69, 9.17) is 0 Å². The second-order valence-electron chi connectivity index (χ2n) is 8.56. The van der Waals surface area contributed by atoms with Gasteiger partial charge in [0.1, 0.15) is 6.04 Å². The molecular weight excluding hydrogens is 364 g/mol. The number of aryl methyl sites for hydroxylation is 1. The Bertz CT molecular complexity index is 1060. The average molecular weight is 393 g/mol. The number of nitrogens with one attached hydrogen (secondary N) is 1. The molecule has 1 aliphatic carbocycles. The van der Waals surface area contributed by atoms with Crippen LogP contribution in [0.1, 0.15) is 74.0 Å². The summed E-state index contributed by atoms with van der Waals surface area (Å²) in [5, 5.41) is 13.9. The molecule has 2 aliphatic rings. The molecule has 0 amide bonds. The summed E-state index contributed by atoms with van der Waals surface area (Å²) in [6.07, 6.45) is 8.23. The summed E-state index contributed by atoms with van der Waals surface area (Å²) in [5.41, 5.74) is 2.75. The van der Waals surface area contributed by atoms with Crippen molar-refractivity contribution >= 4 is 10.9 Å². The fraction of sp³-hybridized carbons (Fsp3) is 0.545. The topological polar surface area (TPSA) is 79.7 Å². The zero-order valence-electron chi connectivity index (χ0n) is 17.0. The highest BCUT2D eigenvalue weighted by molar-refractivity contribution is 5.79. The molecule has 0 unspecified atom stereocenters. The number of pyridine rings is 1. The van der Waals surface area contributed by atoms with Gasteiger partial charge in [0, 0.05) is 11.1 Å². The summed E-state index contributed by atoms with van der Waals surface area (Å²) < 4.78 is 2.02. The molecule has 1 saturated heterocycles. The van der Waals surface area contributed by atoms with Crippen LogP contribution in [0.3, 0.4) is 0 Å². The molecule has 1 aromatic carbocycles. The van der Waals surface area contributed by atoms with Crippen LogP contribution in [-0.2, 0) is 0 Å². The van der Waals surface area contributed by atoms with Gasteiger partial charge in [0.15, 0.2) is 5.82 Å². The largest absolute Gasteiger partial charge is 0.322 e. The molecule has 3 heterocycles. The van der Waals surface area contributed by atoms with Gasteiger partial charge in [0.05, 0.1) is 6.04 Å². The number of tetrazole rings is 1. The summed E-state index contributed by atoms with van der Waals surface area (Å²) in [7, 11) is 0. The van der Waals surface area contributed by atoms with Gasteiger partial charge in [-0.3, -0.25) is 9.69 Å². The van der Waals surface area contributed by atoms with E-state index in [1.807, 2.05) is 22.9 Å². The van der Waals surface area contributed by atoms with Crippen molar-refractivity contribution in [1.82, 2.24) is 30.1 Å². The maximum Gasteiger partial charge on any atom is 0.253 e. The minimum absolute atomic E-state index is 0.0450. The van der Waals surface area contributed by atoms with Crippen LogP contribution in [0.5, 0.6) is 0 Å². The van der Waals surface area contributed by atoms with E-state index in [1.54, 1.807) is 0 Å². The van der Waals surface area contributed by atoms with Crippen molar-refractivity contribution in [2.24, 2.45) is 0 Å². The molecule has 152 valence electrons. The van der Waals surface area contributed by atoms with Gasteiger partial charge in [-0.05, 0) is 79.7 Å². The number of aromatic nitrogens is 5. The average Bonchev–Trinajstić information content (AvgIpc) is 3.42. The number of H-pyrrole nitrogens is 1. The minimum atomic E-state index is -0.205. The van der Waals surface area contributed by atoms with E-state index < -0.39 is 0 Å². The van der Waals surface area contributed by atoms with Crippen LogP contribution >= 0.6 is 0 Å². The monoisotopic (exact) mass is 392 g/mol. The van der Waals surface area contributed by atoms with Gasteiger partial charge in [-0.1, -0.05) is 30.9 Å². The van der Waals surface area contributed by atoms with Gasteiger partial charge in [0.2, 0.25) is 0 Å². The van der Waals surface area contributed by atoms with Gasteiger partial charge < -0.3 is 4.98 Å². The molecule has 1 N–H and O–H groups in total. The van der Waals surface area contributed by atoms with Gasteiger partial charge >= 0.3 is 0 Å². The zero-order valence-corrected chi connectivity index (χ0v) is 17.0. The third kappa shape index (κ3) is 3.48. The summed E-state index contributed by atoms with van der Waals surface area (Å²) in [6.45, 7) is 4.01. The molecule has 0 spiro atoms. The SMILES string of the molecule is Cc1ccc2[nH]c(=O)c([C@@H](c3nnnn3C3CCCCC3)N3CCCC3)cc2c1. The predicted molar refractivity (Wildman–Crippen MR) is 112 cm³/mol. The van der Waals surface area contributed by atoms with E-state index in [-0.39, 0.29) is 11.6 Å². The number of hydrogen-bond acceptors (Lipinski definition) is 5. The number of rotatable bonds is 4. The second-order valence-corrected chi connectivity index (χ2v) is 8.56. The van der Waals surface area contributed by atoms with Crippen molar-refractivity contribution in [3.8, 4) is 0 Å². The maximum atomic E-state index is 13.1. The molecule has 1 saturated carbocycles. The second kappa shape index (κ2) is 7.71. The van der Waals surface area contributed by atoms with E-state index in [2.05, 4.69) is 38.4 Å². The van der Waals surface area contributed by atoms with Gasteiger partial charge in [-0.25, -0.2) is 4.68 Å². The third-order valence-corrected chi connectivity index (χ3v) is 6.51. The fourth-order valence-corrected chi connectivity index (χ4v) is 5.01. The summed E-state index contributed by atoms with van der Waals surface area (Å²) in [4.78, 5) is 18.6. The molecule has 2 fully saturated rings. The summed E-state index contributed by atoms with van der Waals surface area (Å²) >= 11 is 0. The lowest BCUT2D eigenvalue weighted by Crippen LogP contribution is -2.34. The van der Waals surface area contributed by atoms with E-state index in [0.29, 0.717) is 6.04 Å². The van der Waals surface area contributed by atoms with Gasteiger partial charge in [-0.2, -0.15) is 0 Å². The third-order valence-electron chi connectivity index (χ3n) is 6.51. The number of aromatic amines is 1. The normalized spacial score (nSPS) is 19.8. The highest BCUT2D eigenvalue weighted by Gasteiger charge is 2.33. The first kappa shape index (κ1) is 18.5. The number of hydrogen-bond donors (Lipinski definition) is 1. The molecule has 2 aromatic heterocycles. The zero-order chi connectivity index (χ0) is 19.8. The molecule has 7 heteroatoms. The molecule has 7 nitrogen and oxygen atoms in total. The van der Waals surface area contributed by atoms with Crippen LogP contribution in [-0.4, -0.2) is 43.2 Å². The lowest BCUT2D eigenvalue weighted by Gasteiger charge is -2.29. The Kier molecular flexibility index (Phi) is 4.91. The molecule has 0 radical (unpaired) electrons. The molecule has 29 heavy (non-hydrogen) atoms. The fourth-order valence-electron chi connectivity index (χ4n) is 5.01. The van der Waals surface area contributed by atoms with Gasteiger partial charge in [-0.15, -0.1) is 5.10 Å². The number of likely N-dealkylation sites (tertiary alicyclic amines) is 1. The number of benzene rings is 1. The molecule has 1 aliphatic heterocycles. The summed E-state index contributed by atoms with van der Waals surface area (Å²) in [6, 6.07) is 8.31. The van der Waals surface area contributed by atoms with Crippen molar-refractivity contribution in [1.29, 1.82) is 0 Å². The Morgan fingerprint density at radius 2 is 1.86 bits per heavy atom. The van der Waals surface area contributed by atoms with Crippen molar-refractivity contribution < 1.29 is 0 Å². The standard InChI is InChI=1S/C22H28N6O/c1-15-9-10-19-16(13-15)14-18(22(29)23-19)20(27-11-5-6-12-27)21-24-25-26-28(21)17-7-3-2-4-8-17/h9-10,13-14,17,20H,2-8,11-12H2,1H3,(H,23,29)/t20-/m0/s1. The first-order valence-corrected chi connectivity index (χ1v) is 10.9. The van der Waals surface area contributed by atoms with Crippen LogP contribution in [0.4, 0.5) is 0 Å². The van der Waals surface area contributed by atoms with Crippen LogP contribution in [0.25, 0.3) is 10.9 Å². The Labute approximate surface area is 170 Å². The smallest absolute Gasteiger partial charge is 0.253 e. The van der Waals surface area contributed by atoms with E-state index in [1.165, 1.54) is 24.8 Å². The first-order chi connectivity index (χ1) is 14.2. The Hall–Kier alpha value is -2.54. The summed E-state index contributed by atoms with van der Waals surface area (Å²) in [5.74, 6) is 0.816. The van der Waals surface area contributed by atoms with E-state index >= 15 is 0 Å². The van der Waals surface area contributed by atoms with Crippen molar-refractivity contribution in [3.63, 3.8) is 0 Å². The highest BCUT2D eigenvalue weighted by Crippen LogP contribution is 2.34. The quantitative estimate of drug-likeness (QED) is 0.735. The van der Waals surface area contributed by atoms with Crippen LogP contribution in [0.15, 0.2) is 29.1 Å². The Balaban J connectivity index is 1.64. The highest BCUT2D eigenvalue weighted by atomic mass is 16.1. The number of nitrogens with zero attached hydrogens (tertiary/aromatic N) is 5. The molecule has 3 aromatic rings. The molecule has 0 bridgehead atoms. The molecule has 5 rings (SSSR count). The Morgan fingerprint density at radius 1 is 1.07 bits per heavy atom. The number of fused-ring (bicyclic) bond motifs is 1. The van der Waals surface area contributed by atoms with Crippen LogP contribution < -0.4 is 5.56 Å². The van der Waals surface area contributed by atoms with Crippen LogP contribution in [0.2, 0.25) is 0 Å². The Morgan fingerprint density at radius 3 is 2.66 bits per heavy atom. The molecule has 1 atom stereocenters. The molecular formula is C22H28N6O. The maximum absolute atomic E-state index is 13.1. The van der Waals surface area contributed by atoms with Crippen molar-refractivity contribution in [3.05, 3.63) is 51.6 Å².